The minimum atomic E-state index is -0.0561. The highest BCUT2D eigenvalue weighted by molar-refractivity contribution is 5.95. The Morgan fingerprint density at radius 3 is 2.03 bits per heavy atom. The summed E-state index contributed by atoms with van der Waals surface area (Å²) in [6.07, 6.45) is 1.38. The fourth-order valence-electron chi connectivity index (χ4n) is 4.70. The Balaban J connectivity index is 1.20. The number of hydrogen-bond donors (Lipinski definition) is 0. The zero-order valence-electron chi connectivity index (χ0n) is 20.7. The van der Waals surface area contributed by atoms with Crippen molar-refractivity contribution in [2.24, 2.45) is 5.92 Å². The highest BCUT2D eigenvalue weighted by atomic mass is 16.5. The van der Waals surface area contributed by atoms with Gasteiger partial charge < -0.3 is 24.0 Å². The molecule has 2 aliphatic rings. The molecular weight excluding hydrogens is 446 g/mol. The van der Waals surface area contributed by atoms with Crippen LogP contribution in [0.25, 0.3) is 0 Å². The van der Waals surface area contributed by atoms with Gasteiger partial charge in [0.2, 0.25) is 5.91 Å². The standard InChI is InChI=1S/C27H35N3O5/c1-33-24-18-22(19-25(20-24)34-2)27(32)29-10-8-21(9-11-29)26(31)30-14-12-28(13-15-30)16-17-35-23-6-4-3-5-7-23/h3-7,18-21H,8-17H2,1-2H3. The van der Waals surface area contributed by atoms with Gasteiger partial charge in [0.1, 0.15) is 23.9 Å². The van der Waals surface area contributed by atoms with E-state index in [-0.39, 0.29) is 17.7 Å². The van der Waals surface area contributed by atoms with E-state index in [1.165, 1.54) is 0 Å². The fourth-order valence-corrected chi connectivity index (χ4v) is 4.70. The number of carbonyl (C=O) groups excluding carboxylic acids is 2. The number of amides is 2. The van der Waals surface area contributed by atoms with Crippen LogP contribution >= 0.6 is 0 Å². The van der Waals surface area contributed by atoms with Crippen molar-refractivity contribution < 1.29 is 23.8 Å². The minimum Gasteiger partial charge on any atom is -0.497 e. The van der Waals surface area contributed by atoms with E-state index < -0.39 is 0 Å². The second-order valence-electron chi connectivity index (χ2n) is 9.00. The van der Waals surface area contributed by atoms with Gasteiger partial charge in [-0.25, -0.2) is 0 Å². The van der Waals surface area contributed by atoms with Crippen LogP contribution in [0.5, 0.6) is 17.2 Å². The van der Waals surface area contributed by atoms with Gasteiger partial charge in [-0.15, -0.1) is 0 Å². The van der Waals surface area contributed by atoms with Crippen LogP contribution in [-0.4, -0.2) is 93.2 Å². The first-order valence-corrected chi connectivity index (χ1v) is 12.3. The summed E-state index contributed by atoms with van der Waals surface area (Å²) in [5.41, 5.74) is 0.540. The lowest BCUT2D eigenvalue weighted by molar-refractivity contribution is -0.138. The van der Waals surface area contributed by atoms with Crippen molar-refractivity contribution >= 4 is 11.8 Å². The van der Waals surface area contributed by atoms with Gasteiger partial charge in [0.15, 0.2) is 0 Å². The zero-order valence-corrected chi connectivity index (χ0v) is 20.7. The summed E-state index contributed by atoms with van der Waals surface area (Å²) in [7, 11) is 3.14. The first kappa shape index (κ1) is 24.9. The number of hydrogen-bond acceptors (Lipinski definition) is 6. The summed E-state index contributed by atoms with van der Waals surface area (Å²) in [6.45, 7) is 5.85. The number of piperidine rings is 1. The van der Waals surface area contributed by atoms with Gasteiger partial charge in [-0.1, -0.05) is 18.2 Å². The summed E-state index contributed by atoms with van der Waals surface area (Å²) in [5.74, 6) is 2.20. The molecule has 0 aromatic heterocycles. The Kier molecular flexibility index (Phi) is 8.47. The number of piperazine rings is 1. The second-order valence-corrected chi connectivity index (χ2v) is 9.00. The third-order valence-electron chi connectivity index (χ3n) is 6.83. The van der Waals surface area contributed by atoms with E-state index in [2.05, 4.69) is 4.90 Å². The highest BCUT2D eigenvalue weighted by Crippen LogP contribution is 2.26. The van der Waals surface area contributed by atoms with Gasteiger partial charge in [0.25, 0.3) is 5.91 Å². The van der Waals surface area contributed by atoms with Crippen molar-refractivity contribution in [1.82, 2.24) is 14.7 Å². The number of methoxy groups -OCH3 is 2. The molecule has 2 aromatic carbocycles. The third-order valence-corrected chi connectivity index (χ3v) is 6.83. The summed E-state index contributed by atoms with van der Waals surface area (Å²) in [6, 6.07) is 15.0. The first-order chi connectivity index (χ1) is 17.1. The molecule has 8 nitrogen and oxygen atoms in total. The Hall–Kier alpha value is -3.26. The first-order valence-electron chi connectivity index (χ1n) is 12.3. The molecule has 2 amide bonds. The monoisotopic (exact) mass is 481 g/mol. The maximum atomic E-state index is 13.1. The normalized spacial score (nSPS) is 17.2. The fraction of sp³-hybridized carbons (Fsp3) is 0.481. The summed E-state index contributed by atoms with van der Waals surface area (Å²) < 4.78 is 16.4. The highest BCUT2D eigenvalue weighted by Gasteiger charge is 2.32. The van der Waals surface area contributed by atoms with E-state index in [1.807, 2.05) is 40.1 Å². The van der Waals surface area contributed by atoms with E-state index in [9.17, 15) is 9.59 Å². The lowest BCUT2D eigenvalue weighted by Crippen LogP contribution is -2.52. The van der Waals surface area contributed by atoms with Crippen molar-refractivity contribution in [2.75, 3.05) is 66.6 Å². The molecule has 2 aromatic rings. The van der Waals surface area contributed by atoms with Crippen molar-refractivity contribution in [3.63, 3.8) is 0 Å². The van der Waals surface area contributed by atoms with Gasteiger partial charge in [0, 0.05) is 63.4 Å². The number of para-hydroxylation sites is 1. The molecule has 0 atom stereocenters. The van der Waals surface area contributed by atoms with Crippen LogP contribution in [-0.2, 0) is 4.79 Å². The van der Waals surface area contributed by atoms with Crippen molar-refractivity contribution in [1.29, 1.82) is 0 Å². The predicted octanol–water partition coefficient (Wildman–Crippen LogP) is 2.78. The van der Waals surface area contributed by atoms with Gasteiger partial charge >= 0.3 is 0 Å². The zero-order chi connectivity index (χ0) is 24.6. The van der Waals surface area contributed by atoms with Crippen molar-refractivity contribution in [3.8, 4) is 17.2 Å². The van der Waals surface area contributed by atoms with E-state index in [0.29, 0.717) is 49.6 Å². The number of nitrogens with zero attached hydrogens (tertiary/aromatic N) is 3. The van der Waals surface area contributed by atoms with Crippen LogP contribution in [0.1, 0.15) is 23.2 Å². The molecule has 188 valence electrons. The third kappa shape index (κ3) is 6.45. The topological polar surface area (TPSA) is 71.6 Å². The maximum Gasteiger partial charge on any atom is 0.254 e. The lowest BCUT2D eigenvalue weighted by atomic mass is 9.94. The number of carbonyl (C=O) groups is 2. The molecule has 2 aliphatic heterocycles. The van der Waals surface area contributed by atoms with Crippen LogP contribution in [0.15, 0.2) is 48.5 Å². The van der Waals surface area contributed by atoms with E-state index in [1.54, 1.807) is 32.4 Å². The molecular formula is C27H35N3O5. The lowest BCUT2D eigenvalue weighted by Gasteiger charge is -2.38. The molecule has 0 aliphatic carbocycles. The molecule has 4 rings (SSSR count). The smallest absolute Gasteiger partial charge is 0.254 e. The Bertz CT molecular complexity index is 961. The molecule has 0 saturated carbocycles. The number of likely N-dealkylation sites (tertiary alicyclic amines) is 1. The summed E-state index contributed by atoms with van der Waals surface area (Å²) in [4.78, 5) is 32.3. The molecule has 0 radical (unpaired) electrons. The molecule has 35 heavy (non-hydrogen) atoms. The van der Waals surface area contributed by atoms with Gasteiger partial charge in [-0.3, -0.25) is 14.5 Å². The number of benzene rings is 2. The van der Waals surface area contributed by atoms with E-state index in [4.69, 9.17) is 14.2 Å². The average Bonchev–Trinajstić information content (AvgIpc) is 2.93. The van der Waals surface area contributed by atoms with Gasteiger partial charge in [-0.2, -0.15) is 0 Å². The van der Waals surface area contributed by atoms with Gasteiger partial charge in [0.05, 0.1) is 14.2 Å². The molecule has 0 N–H and O–H groups in total. The quantitative estimate of drug-likeness (QED) is 0.578. The number of ether oxygens (including phenoxy) is 3. The van der Waals surface area contributed by atoms with Crippen molar-refractivity contribution in [3.05, 3.63) is 54.1 Å². The van der Waals surface area contributed by atoms with Crippen LogP contribution in [0, 0.1) is 5.92 Å². The molecule has 0 spiro atoms. The molecule has 2 fully saturated rings. The summed E-state index contributed by atoms with van der Waals surface area (Å²) in [5, 5.41) is 0. The minimum absolute atomic E-state index is 0.0214. The maximum absolute atomic E-state index is 13.1. The second kappa shape index (κ2) is 11.9. The molecule has 8 heteroatoms. The van der Waals surface area contributed by atoms with Crippen molar-refractivity contribution in [2.45, 2.75) is 12.8 Å². The van der Waals surface area contributed by atoms with E-state index in [0.717, 1.165) is 38.5 Å². The largest absolute Gasteiger partial charge is 0.497 e. The molecule has 2 heterocycles. The average molecular weight is 482 g/mol. The van der Waals surface area contributed by atoms with E-state index >= 15 is 0 Å². The van der Waals surface area contributed by atoms with Crippen LogP contribution in [0.4, 0.5) is 0 Å². The summed E-state index contributed by atoms with van der Waals surface area (Å²) >= 11 is 0. The Labute approximate surface area is 207 Å². The SMILES string of the molecule is COc1cc(OC)cc(C(=O)N2CCC(C(=O)N3CCN(CCOc4ccccc4)CC3)CC2)c1. The van der Waals surface area contributed by atoms with Crippen LogP contribution in [0.3, 0.4) is 0 Å². The molecule has 0 bridgehead atoms. The predicted molar refractivity (Wildman–Crippen MR) is 133 cm³/mol. The molecule has 2 saturated heterocycles. The Morgan fingerprint density at radius 1 is 0.800 bits per heavy atom. The van der Waals surface area contributed by atoms with Crippen LogP contribution < -0.4 is 14.2 Å². The number of rotatable bonds is 8. The Morgan fingerprint density at radius 2 is 1.43 bits per heavy atom. The van der Waals surface area contributed by atoms with Crippen LogP contribution in [0.2, 0.25) is 0 Å². The molecule has 0 unspecified atom stereocenters. The van der Waals surface area contributed by atoms with Gasteiger partial charge in [-0.05, 0) is 37.1 Å².